The van der Waals surface area contributed by atoms with E-state index in [0.717, 1.165) is 0 Å². The Morgan fingerprint density at radius 3 is 2.54 bits per heavy atom. The molecule has 2 aliphatic rings. The molecule has 26 heavy (non-hydrogen) atoms. The average molecular weight is 390 g/mol. The Morgan fingerprint density at radius 1 is 1.38 bits per heavy atom. The molecule has 0 aliphatic carbocycles. The number of amides is 1. The summed E-state index contributed by atoms with van der Waals surface area (Å²) < 4.78 is 29.1. The molecule has 0 radical (unpaired) electrons. The molecule has 0 aromatic carbocycles. The van der Waals surface area contributed by atoms with Gasteiger partial charge in [0.15, 0.2) is 6.23 Å². The molecule has 1 fully saturated rings. The summed E-state index contributed by atoms with van der Waals surface area (Å²) in [7, 11) is -2.70. The minimum absolute atomic E-state index is 0.135. The lowest BCUT2D eigenvalue weighted by atomic mass is 9.99. The van der Waals surface area contributed by atoms with E-state index in [0.29, 0.717) is 5.82 Å². The summed E-state index contributed by atoms with van der Waals surface area (Å²) in [6, 6.07) is 0. The first-order chi connectivity index (χ1) is 12.0. The predicted molar refractivity (Wildman–Crippen MR) is 93.8 cm³/mol. The van der Waals surface area contributed by atoms with Crippen molar-refractivity contribution in [1.29, 1.82) is 0 Å². The van der Waals surface area contributed by atoms with Crippen LogP contribution in [0.25, 0.3) is 0 Å². The maximum Gasteiger partial charge on any atom is 0.325 e. The molecule has 0 saturated carbocycles. The fraction of sp³-hybridized carbons (Fsp3) is 0.688. The van der Waals surface area contributed by atoms with Gasteiger partial charge in [-0.1, -0.05) is 13.5 Å². The van der Waals surface area contributed by atoms with Crippen LogP contribution in [0.4, 0.5) is 0 Å². The highest BCUT2D eigenvalue weighted by molar-refractivity contribution is 7.51. The number of hydrogen-bond donors (Lipinski definition) is 3. The van der Waals surface area contributed by atoms with Gasteiger partial charge in [0, 0.05) is 19.4 Å². The highest BCUT2D eigenvalue weighted by Crippen LogP contribution is 2.42. The smallest absolute Gasteiger partial charge is 0.325 e. The zero-order valence-electron chi connectivity index (χ0n) is 15.4. The summed E-state index contributed by atoms with van der Waals surface area (Å²) in [5.41, 5.74) is 0. The zero-order valence-corrected chi connectivity index (χ0v) is 16.3. The lowest BCUT2D eigenvalue weighted by Crippen LogP contribution is -2.48. The first-order valence-electron chi connectivity index (χ1n) is 8.38. The normalized spacial score (nSPS) is 30.8. The van der Waals surface area contributed by atoms with Crippen LogP contribution in [-0.2, 0) is 23.6 Å². The van der Waals surface area contributed by atoms with Crippen LogP contribution >= 0.6 is 7.60 Å². The van der Waals surface area contributed by atoms with Crippen molar-refractivity contribution in [2.24, 2.45) is 5.92 Å². The number of nitrogens with one attached hydrogen (secondary N) is 1. The Labute approximate surface area is 153 Å². The van der Waals surface area contributed by atoms with Gasteiger partial charge in [-0.25, -0.2) is 0 Å². The molecular formula is C16H27N2O7P. The van der Waals surface area contributed by atoms with Crippen LogP contribution in [-0.4, -0.2) is 64.5 Å². The number of carbonyl (C=O) groups excluding carboxylic acids is 1. The van der Waals surface area contributed by atoms with Crippen molar-refractivity contribution in [2.45, 2.75) is 51.4 Å². The Bertz CT molecular complexity index is 618. The van der Waals surface area contributed by atoms with Crippen molar-refractivity contribution in [1.82, 2.24) is 10.2 Å². The van der Waals surface area contributed by atoms with Gasteiger partial charge in [-0.15, -0.1) is 0 Å². The zero-order chi connectivity index (χ0) is 19.6. The maximum absolute atomic E-state index is 11.5. The van der Waals surface area contributed by atoms with E-state index in [1.165, 1.54) is 13.2 Å². The van der Waals surface area contributed by atoms with Crippen LogP contribution in [0, 0.1) is 5.92 Å². The van der Waals surface area contributed by atoms with Gasteiger partial charge in [0.1, 0.15) is 18.0 Å². The molecule has 5 atom stereocenters. The maximum atomic E-state index is 11.5. The number of rotatable bonds is 7. The minimum atomic E-state index is -4.21. The predicted octanol–water partition coefficient (Wildman–Crippen LogP) is 0.750. The van der Waals surface area contributed by atoms with Crippen LogP contribution < -0.4 is 5.32 Å². The Balaban J connectivity index is 2.30. The van der Waals surface area contributed by atoms with E-state index in [9.17, 15) is 19.1 Å². The highest BCUT2D eigenvalue weighted by Gasteiger charge is 2.51. The molecule has 148 valence electrons. The summed E-state index contributed by atoms with van der Waals surface area (Å²) in [4.78, 5) is 31.7. The van der Waals surface area contributed by atoms with E-state index in [4.69, 9.17) is 14.2 Å². The third-order valence-corrected chi connectivity index (χ3v) is 5.30. The fourth-order valence-electron chi connectivity index (χ4n) is 3.27. The summed E-state index contributed by atoms with van der Waals surface area (Å²) >= 11 is 0. The van der Waals surface area contributed by atoms with Gasteiger partial charge in [0.25, 0.3) is 5.91 Å². The number of carbonyl (C=O) groups is 1. The SMILES string of the molecule is C=C1NC(=O)C=CN1[C@@H]1O[C@H]([C@@H](C)CP(=O)(O)O)[C@H](OC(C)C)C1OC. The monoisotopic (exact) mass is 390 g/mol. The van der Waals surface area contributed by atoms with Crippen LogP contribution in [0.1, 0.15) is 20.8 Å². The molecule has 0 aromatic heterocycles. The van der Waals surface area contributed by atoms with Crippen molar-refractivity contribution in [3.8, 4) is 0 Å². The molecule has 10 heteroatoms. The summed E-state index contributed by atoms with van der Waals surface area (Å²) in [5.74, 6) is -0.436. The fourth-order valence-corrected chi connectivity index (χ4v) is 4.23. The molecule has 3 N–H and O–H groups in total. The third kappa shape index (κ3) is 4.94. The van der Waals surface area contributed by atoms with Gasteiger partial charge >= 0.3 is 7.60 Å². The molecule has 1 amide bonds. The quantitative estimate of drug-likeness (QED) is 0.545. The Hall–Kier alpha value is -1.22. The van der Waals surface area contributed by atoms with Crippen molar-refractivity contribution < 1.29 is 33.4 Å². The molecule has 2 aliphatic heterocycles. The summed E-state index contributed by atoms with van der Waals surface area (Å²) in [6.07, 6.45) is 0.0892. The van der Waals surface area contributed by atoms with E-state index < -0.39 is 38.1 Å². The molecule has 2 heterocycles. The van der Waals surface area contributed by atoms with Crippen molar-refractivity contribution >= 4 is 13.5 Å². The van der Waals surface area contributed by atoms with Crippen LogP contribution in [0.3, 0.4) is 0 Å². The van der Waals surface area contributed by atoms with E-state index in [1.807, 2.05) is 13.8 Å². The average Bonchev–Trinajstić information content (AvgIpc) is 2.83. The third-order valence-electron chi connectivity index (χ3n) is 4.25. The van der Waals surface area contributed by atoms with E-state index in [2.05, 4.69) is 11.9 Å². The Kier molecular flexibility index (Phi) is 6.65. The molecule has 1 unspecified atom stereocenters. The Morgan fingerprint density at radius 2 is 2.04 bits per heavy atom. The molecule has 0 aromatic rings. The van der Waals surface area contributed by atoms with Gasteiger partial charge < -0.3 is 34.2 Å². The van der Waals surface area contributed by atoms with Crippen molar-refractivity contribution in [3.63, 3.8) is 0 Å². The van der Waals surface area contributed by atoms with Crippen LogP contribution in [0.15, 0.2) is 24.7 Å². The van der Waals surface area contributed by atoms with Gasteiger partial charge in [-0.2, -0.15) is 0 Å². The van der Waals surface area contributed by atoms with Gasteiger partial charge in [-0.05, 0) is 19.8 Å². The largest absolute Gasteiger partial charge is 0.374 e. The van der Waals surface area contributed by atoms with Gasteiger partial charge in [0.2, 0.25) is 0 Å². The molecular weight excluding hydrogens is 363 g/mol. The summed E-state index contributed by atoms with van der Waals surface area (Å²) in [6.45, 7) is 9.25. The number of nitrogens with zero attached hydrogens (tertiary/aromatic N) is 1. The lowest BCUT2D eigenvalue weighted by molar-refractivity contribution is -0.119. The minimum Gasteiger partial charge on any atom is -0.374 e. The molecule has 0 spiro atoms. The number of ether oxygens (including phenoxy) is 3. The topological polar surface area (TPSA) is 118 Å². The van der Waals surface area contributed by atoms with Gasteiger partial charge in [-0.3, -0.25) is 9.36 Å². The summed E-state index contributed by atoms with van der Waals surface area (Å²) in [5, 5.41) is 2.59. The van der Waals surface area contributed by atoms with Crippen molar-refractivity contribution in [3.05, 3.63) is 24.7 Å². The standard InChI is InChI=1S/C16H27N2O7P/c1-9(2)24-14-13(10(3)8-26(20,21)22)25-16(15(14)23-5)18-7-6-12(19)17-11(18)4/h6-7,9-10,13-16H,4,8H2,1-3,5H3,(H,17,19)(H2,20,21,22)/t10-,13+,14-,15?,16+/m0/s1. The number of hydrogen-bond acceptors (Lipinski definition) is 6. The first-order valence-corrected chi connectivity index (χ1v) is 10.2. The van der Waals surface area contributed by atoms with Crippen LogP contribution in [0.5, 0.6) is 0 Å². The second-order valence-electron chi connectivity index (χ2n) is 6.82. The molecule has 1 saturated heterocycles. The lowest BCUT2D eigenvalue weighted by Gasteiger charge is -2.34. The molecule has 2 rings (SSSR count). The van der Waals surface area contributed by atoms with Crippen LogP contribution in [0.2, 0.25) is 0 Å². The van der Waals surface area contributed by atoms with E-state index >= 15 is 0 Å². The molecule has 9 nitrogen and oxygen atoms in total. The second kappa shape index (κ2) is 8.21. The van der Waals surface area contributed by atoms with Gasteiger partial charge in [0.05, 0.1) is 18.4 Å². The first kappa shape index (κ1) is 21.1. The molecule has 0 bridgehead atoms. The van der Waals surface area contributed by atoms with E-state index in [-0.39, 0.29) is 18.2 Å². The number of methoxy groups -OCH3 is 1. The van der Waals surface area contributed by atoms with Crippen molar-refractivity contribution in [2.75, 3.05) is 13.3 Å². The highest BCUT2D eigenvalue weighted by atomic mass is 31.2. The van der Waals surface area contributed by atoms with E-state index in [1.54, 1.807) is 18.0 Å². The second-order valence-corrected chi connectivity index (χ2v) is 8.52.